The molecule has 0 unspecified atom stereocenters. The molecule has 170 valence electrons. The molecule has 31 heavy (non-hydrogen) atoms. The first-order valence-electron chi connectivity index (χ1n) is 11.4. The third-order valence-electron chi connectivity index (χ3n) is 5.93. The molecular formula is C24H35N3O3S. The van der Waals surface area contributed by atoms with E-state index in [1.165, 1.54) is 6.42 Å². The lowest BCUT2D eigenvalue weighted by molar-refractivity contribution is -0.132. The Morgan fingerprint density at radius 2 is 1.84 bits per heavy atom. The first kappa shape index (κ1) is 23.5. The second-order valence-electron chi connectivity index (χ2n) is 8.94. The SMILES string of the molecule is CCN(Cc1cnc(S(=O)(=O)Cc2ccccc2)n1C1CCCCC1)C(=O)CC(C)C. The molecule has 0 spiro atoms. The highest BCUT2D eigenvalue weighted by Crippen LogP contribution is 2.33. The van der Waals surface area contributed by atoms with Gasteiger partial charge in [-0.3, -0.25) is 4.79 Å². The molecule has 1 heterocycles. The lowest BCUT2D eigenvalue weighted by atomic mass is 9.95. The fourth-order valence-electron chi connectivity index (χ4n) is 4.36. The molecule has 6 nitrogen and oxygen atoms in total. The van der Waals surface area contributed by atoms with Gasteiger partial charge in [-0.25, -0.2) is 13.4 Å². The van der Waals surface area contributed by atoms with Crippen LogP contribution in [0.4, 0.5) is 0 Å². The number of benzene rings is 1. The zero-order valence-electron chi connectivity index (χ0n) is 19.0. The highest BCUT2D eigenvalue weighted by Gasteiger charge is 2.30. The second-order valence-corrected chi connectivity index (χ2v) is 10.8. The minimum absolute atomic E-state index is 0.0687. The molecule has 0 aliphatic heterocycles. The normalized spacial score (nSPS) is 15.4. The summed E-state index contributed by atoms with van der Waals surface area (Å²) in [5.41, 5.74) is 1.57. The molecule has 2 aromatic rings. The van der Waals surface area contributed by atoms with Crippen molar-refractivity contribution in [3.63, 3.8) is 0 Å². The van der Waals surface area contributed by atoms with Gasteiger partial charge in [0.25, 0.3) is 0 Å². The summed E-state index contributed by atoms with van der Waals surface area (Å²) in [5, 5.41) is 0.144. The molecule has 1 saturated carbocycles. The fourth-order valence-corrected chi connectivity index (χ4v) is 5.90. The molecule has 0 N–H and O–H groups in total. The lowest BCUT2D eigenvalue weighted by Crippen LogP contribution is -2.32. The summed E-state index contributed by atoms with van der Waals surface area (Å²) in [6, 6.07) is 9.36. The van der Waals surface area contributed by atoms with Crippen LogP contribution in [0.1, 0.15) is 76.6 Å². The number of nitrogens with zero attached hydrogens (tertiary/aromatic N) is 3. The van der Waals surface area contributed by atoms with Crippen LogP contribution in [-0.2, 0) is 26.9 Å². The quantitative estimate of drug-likeness (QED) is 0.558. The van der Waals surface area contributed by atoms with Crippen molar-refractivity contribution in [3.05, 3.63) is 47.8 Å². The Labute approximate surface area is 186 Å². The Hall–Kier alpha value is -2.15. The molecule has 1 fully saturated rings. The largest absolute Gasteiger partial charge is 0.337 e. The summed E-state index contributed by atoms with van der Waals surface area (Å²) in [6.07, 6.45) is 7.41. The van der Waals surface area contributed by atoms with Crippen LogP contribution >= 0.6 is 0 Å². The highest BCUT2D eigenvalue weighted by molar-refractivity contribution is 7.90. The van der Waals surface area contributed by atoms with E-state index in [0.717, 1.165) is 36.9 Å². The van der Waals surface area contributed by atoms with E-state index >= 15 is 0 Å². The molecule has 7 heteroatoms. The van der Waals surface area contributed by atoms with Gasteiger partial charge < -0.3 is 9.47 Å². The molecule has 1 aliphatic carbocycles. The standard InChI is InChI=1S/C24H35N3O3S/c1-4-26(23(28)15-19(2)3)17-22-16-25-24(27(22)21-13-9-6-10-14-21)31(29,30)18-20-11-7-5-8-12-20/h5,7-8,11-12,16,19,21H,4,6,9-10,13-15,17-18H2,1-3H3. The van der Waals surface area contributed by atoms with E-state index in [9.17, 15) is 13.2 Å². The number of imidazole rings is 1. The fraction of sp³-hybridized carbons (Fsp3) is 0.583. The molecular weight excluding hydrogens is 410 g/mol. The average molecular weight is 446 g/mol. The minimum Gasteiger partial charge on any atom is -0.337 e. The number of carbonyl (C=O) groups excluding carboxylic acids is 1. The van der Waals surface area contributed by atoms with Gasteiger partial charge in [0.2, 0.25) is 20.9 Å². The van der Waals surface area contributed by atoms with Crippen molar-refractivity contribution in [2.24, 2.45) is 5.92 Å². The number of aromatic nitrogens is 2. The Kier molecular flexibility index (Phi) is 7.92. The van der Waals surface area contributed by atoms with Crippen LogP contribution in [-0.4, -0.2) is 35.3 Å². The van der Waals surface area contributed by atoms with E-state index in [1.54, 1.807) is 6.20 Å². The van der Waals surface area contributed by atoms with E-state index in [2.05, 4.69) is 4.98 Å². The number of hydrogen-bond acceptors (Lipinski definition) is 4. The van der Waals surface area contributed by atoms with Gasteiger partial charge in [0, 0.05) is 19.0 Å². The molecule has 1 aromatic carbocycles. The van der Waals surface area contributed by atoms with Crippen LogP contribution in [0.5, 0.6) is 0 Å². The lowest BCUT2D eigenvalue weighted by Gasteiger charge is -2.29. The maximum Gasteiger partial charge on any atom is 0.228 e. The molecule has 1 aliphatic rings. The Bertz CT molecular complexity index is 961. The smallest absolute Gasteiger partial charge is 0.228 e. The van der Waals surface area contributed by atoms with Crippen LogP contribution < -0.4 is 0 Å². The summed E-state index contributed by atoms with van der Waals surface area (Å²) >= 11 is 0. The Morgan fingerprint density at radius 1 is 1.16 bits per heavy atom. The summed E-state index contributed by atoms with van der Waals surface area (Å²) in [5.74, 6) is 0.315. The van der Waals surface area contributed by atoms with Crippen LogP contribution in [0.15, 0.2) is 41.7 Å². The summed E-state index contributed by atoms with van der Waals surface area (Å²) in [6.45, 7) is 7.02. The minimum atomic E-state index is -3.61. The number of amides is 1. The number of rotatable bonds is 9. The second kappa shape index (κ2) is 10.4. The van der Waals surface area contributed by atoms with Crippen molar-refractivity contribution in [3.8, 4) is 0 Å². The predicted octanol–water partition coefficient (Wildman–Crippen LogP) is 4.76. The molecule has 1 amide bonds. The van der Waals surface area contributed by atoms with Crippen LogP contribution in [0.3, 0.4) is 0 Å². The molecule has 0 saturated heterocycles. The van der Waals surface area contributed by atoms with Crippen molar-refractivity contribution in [1.29, 1.82) is 0 Å². The van der Waals surface area contributed by atoms with Crippen molar-refractivity contribution < 1.29 is 13.2 Å². The van der Waals surface area contributed by atoms with Crippen molar-refractivity contribution in [2.75, 3.05) is 6.54 Å². The summed E-state index contributed by atoms with van der Waals surface area (Å²) < 4.78 is 28.6. The van der Waals surface area contributed by atoms with Gasteiger partial charge in [-0.1, -0.05) is 63.4 Å². The molecule has 0 radical (unpaired) electrons. The van der Waals surface area contributed by atoms with Crippen LogP contribution in [0.2, 0.25) is 0 Å². The Balaban J connectivity index is 1.95. The topological polar surface area (TPSA) is 72.3 Å². The van der Waals surface area contributed by atoms with Crippen LogP contribution in [0, 0.1) is 5.92 Å². The molecule has 3 rings (SSSR count). The molecule has 0 bridgehead atoms. The van der Waals surface area contributed by atoms with Gasteiger partial charge in [-0.05, 0) is 31.2 Å². The van der Waals surface area contributed by atoms with E-state index in [4.69, 9.17) is 0 Å². The Morgan fingerprint density at radius 3 is 2.45 bits per heavy atom. The van der Waals surface area contributed by atoms with Gasteiger partial charge in [0.15, 0.2) is 0 Å². The number of hydrogen-bond donors (Lipinski definition) is 0. The maximum atomic E-state index is 13.3. The van der Waals surface area contributed by atoms with Crippen molar-refractivity contribution in [2.45, 2.75) is 82.8 Å². The highest BCUT2D eigenvalue weighted by atomic mass is 32.2. The monoisotopic (exact) mass is 445 g/mol. The van der Waals surface area contributed by atoms with Gasteiger partial charge in [0.05, 0.1) is 24.2 Å². The van der Waals surface area contributed by atoms with Gasteiger partial charge >= 0.3 is 0 Å². The van der Waals surface area contributed by atoms with E-state index in [-0.39, 0.29) is 28.8 Å². The van der Waals surface area contributed by atoms with Crippen molar-refractivity contribution >= 4 is 15.7 Å². The zero-order chi connectivity index (χ0) is 22.4. The van der Waals surface area contributed by atoms with Gasteiger partial charge in [-0.15, -0.1) is 0 Å². The first-order chi connectivity index (χ1) is 14.8. The number of sulfone groups is 1. The van der Waals surface area contributed by atoms with E-state index in [1.807, 2.05) is 60.6 Å². The zero-order valence-corrected chi connectivity index (χ0v) is 19.8. The summed E-state index contributed by atoms with van der Waals surface area (Å²) in [7, 11) is -3.61. The predicted molar refractivity (Wildman–Crippen MR) is 122 cm³/mol. The van der Waals surface area contributed by atoms with E-state index in [0.29, 0.717) is 19.5 Å². The molecule has 1 aromatic heterocycles. The van der Waals surface area contributed by atoms with Crippen LogP contribution in [0.25, 0.3) is 0 Å². The third kappa shape index (κ3) is 5.97. The summed E-state index contributed by atoms with van der Waals surface area (Å²) in [4.78, 5) is 18.9. The van der Waals surface area contributed by atoms with Crippen molar-refractivity contribution in [1.82, 2.24) is 14.5 Å². The molecule has 0 atom stereocenters. The van der Waals surface area contributed by atoms with Gasteiger partial charge in [-0.2, -0.15) is 0 Å². The number of carbonyl (C=O) groups is 1. The van der Waals surface area contributed by atoms with E-state index < -0.39 is 9.84 Å². The third-order valence-corrected chi connectivity index (χ3v) is 7.50. The maximum absolute atomic E-state index is 13.3. The average Bonchev–Trinajstić information content (AvgIpc) is 3.17. The van der Waals surface area contributed by atoms with Gasteiger partial charge in [0.1, 0.15) is 0 Å². The first-order valence-corrected chi connectivity index (χ1v) is 13.1.